The number of hydrogen-bond donors (Lipinski definition) is 1. The van der Waals surface area contributed by atoms with Gasteiger partial charge in [0.05, 0.1) is 10.5 Å². The second kappa shape index (κ2) is 5.16. The lowest BCUT2D eigenvalue weighted by Crippen LogP contribution is -2.13. The molecule has 0 radical (unpaired) electrons. The molecule has 2 rings (SSSR count). The number of aryl methyl sites for hydroxylation is 1. The molecule has 0 saturated heterocycles. The van der Waals surface area contributed by atoms with Gasteiger partial charge in [-0.25, -0.2) is 8.78 Å². The molecule has 0 aromatic heterocycles. The van der Waals surface area contributed by atoms with E-state index >= 15 is 0 Å². The van der Waals surface area contributed by atoms with E-state index in [0.29, 0.717) is 10.0 Å². The van der Waals surface area contributed by atoms with Crippen LogP contribution in [0.2, 0.25) is 0 Å². The fourth-order valence-electron chi connectivity index (χ4n) is 1.87. The highest BCUT2D eigenvalue weighted by atomic mass is 79.9. The molecule has 2 N–H and O–H groups in total. The largest absolute Gasteiger partial charge is 0.320 e. The first-order chi connectivity index (χ1) is 8.49. The number of halogens is 3. The van der Waals surface area contributed by atoms with Crippen molar-refractivity contribution in [3.8, 4) is 0 Å². The van der Waals surface area contributed by atoms with E-state index in [1.54, 1.807) is 25.1 Å². The van der Waals surface area contributed by atoms with E-state index in [1.165, 1.54) is 18.2 Å². The minimum atomic E-state index is -0.465. The van der Waals surface area contributed by atoms with Crippen LogP contribution in [0.1, 0.15) is 22.7 Å². The van der Waals surface area contributed by atoms with Crippen molar-refractivity contribution in [3.05, 3.63) is 69.2 Å². The Morgan fingerprint density at radius 3 is 2.44 bits per heavy atom. The van der Waals surface area contributed by atoms with E-state index < -0.39 is 6.04 Å². The van der Waals surface area contributed by atoms with Crippen LogP contribution in [-0.2, 0) is 0 Å². The van der Waals surface area contributed by atoms with Gasteiger partial charge in [-0.05, 0) is 63.8 Å². The first kappa shape index (κ1) is 13.2. The Kier molecular flexibility index (Phi) is 3.78. The maximum absolute atomic E-state index is 13.5. The molecule has 0 amide bonds. The molecule has 0 aliphatic rings. The molecule has 0 heterocycles. The lowest BCUT2D eigenvalue weighted by molar-refractivity contribution is 0.615. The molecule has 1 atom stereocenters. The van der Waals surface area contributed by atoms with Gasteiger partial charge in [0.25, 0.3) is 0 Å². The summed E-state index contributed by atoms with van der Waals surface area (Å²) >= 11 is 3.09. The van der Waals surface area contributed by atoms with Crippen molar-refractivity contribution in [1.82, 2.24) is 0 Å². The smallest absolute Gasteiger partial charge is 0.137 e. The molecular weight excluding hydrogens is 300 g/mol. The quantitative estimate of drug-likeness (QED) is 0.888. The normalized spacial score (nSPS) is 12.5. The maximum Gasteiger partial charge on any atom is 0.137 e. The first-order valence-corrected chi connectivity index (χ1v) is 6.25. The van der Waals surface area contributed by atoms with Crippen LogP contribution in [0.4, 0.5) is 8.78 Å². The summed E-state index contributed by atoms with van der Waals surface area (Å²) in [5, 5.41) is 0. The molecule has 0 saturated carbocycles. The lowest BCUT2D eigenvalue weighted by Gasteiger charge is -2.15. The van der Waals surface area contributed by atoms with Crippen molar-refractivity contribution in [3.63, 3.8) is 0 Å². The average molecular weight is 312 g/mol. The number of benzene rings is 2. The molecule has 0 spiro atoms. The Morgan fingerprint density at radius 2 is 1.83 bits per heavy atom. The van der Waals surface area contributed by atoms with Crippen molar-refractivity contribution in [2.45, 2.75) is 13.0 Å². The van der Waals surface area contributed by atoms with Crippen molar-refractivity contribution in [2.24, 2.45) is 5.73 Å². The molecule has 2 aromatic carbocycles. The van der Waals surface area contributed by atoms with Crippen LogP contribution in [0.5, 0.6) is 0 Å². The van der Waals surface area contributed by atoms with Crippen molar-refractivity contribution < 1.29 is 8.78 Å². The second-order valence-electron chi connectivity index (χ2n) is 4.15. The molecule has 0 aliphatic carbocycles. The van der Waals surface area contributed by atoms with Gasteiger partial charge in [-0.3, -0.25) is 0 Å². The van der Waals surface area contributed by atoms with Gasteiger partial charge >= 0.3 is 0 Å². The van der Waals surface area contributed by atoms with Gasteiger partial charge in [0.1, 0.15) is 11.6 Å². The monoisotopic (exact) mass is 311 g/mol. The van der Waals surface area contributed by atoms with Gasteiger partial charge in [-0.15, -0.1) is 0 Å². The third kappa shape index (κ3) is 2.60. The molecule has 18 heavy (non-hydrogen) atoms. The summed E-state index contributed by atoms with van der Waals surface area (Å²) < 4.78 is 26.9. The summed E-state index contributed by atoms with van der Waals surface area (Å²) in [5.41, 5.74) is 8.28. The van der Waals surface area contributed by atoms with Gasteiger partial charge in [-0.1, -0.05) is 12.1 Å². The van der Waals surface area contributed by atoms with Crippen molar-refractivity contribution in [1.29, 1.82) is 0 Å². The Labute approximate surface area is 113 Å². The van der Waals surface area contributed by atoms with E-state index in [0.717, 1.165) is 11.1 Å². The van der Waals surface area contributed by atoms with Crippen LogP contribution in [0.3, 0.4) is 0 Å². The zero-order valence-corrected chi connectivity index (χ0v) is 11.3. The van der Waals surface area contributed by atoms with Crippen LogP contribution < -0.4 is 5.73 Å². The molecule has 0 fully saturated rings. The van der Waals surface area contributed by atoms with Crippen LogP contribution in [0, 0.1) is 18.6 Å². The average Bonchev–Trinajstić information content (AvgIpc) is 2.32. The third-order valence-electron chi connectivity index (χ3n) is 2.87. The minimum absolute atomic E-state index is 0.301. The van der Waals surface area contributed by atoms with E-state index in [9.17, 15) is 8.78 Å². The van der Waals surface area contributed by atoms with Gasteiger partial charge in [0.15, 0.2) is 0 Å². The number of rotatable bonds is 2. The lowest BCUT2D eigenvalue weighted by atomic mass is 9.96. The van der Waals surface area contributed by atoms with Crippen molar-refractivity contribution >= 4 is 15.9 Å². The Bertz CT molecular complexity index is 584. The minimum Gasteiger partial charge on any atom is -0.320 e. The molecule has 0 aliphatic heterocycles. The molecular formula is C14H12BrF2N. The predicted octanol–water partition coefficient (Wildman–Crippen LogP) is 4.08. The summed E-state index contributed by atoms with van der Waals surface area (Å²) in [6, 6.07) is 8.70. The second-order valence-corrected chi connectivity index (χ2v) is 5.01. The number of hydrogen-bond acceptors (Lipinski definition) is 1. The Balaban J connectivity index is 2.41. The maximum atomic E-state index is 13.5. The third-order valence-corrected chi connectivity index (χ3v) is 3.51. The summed E-state index contributed by atoms with van der Waals surface area (Å²) in [6.45, 7) is 1.79. The van der Waals surface area contributed by atoms with Crippen LogP contribution in [-0.4, -0.2) is 0 Å². The van der Waals surface area contributed by atoms with E-state index in [4.69, 9.17) is 5.73 Å². The topological polar surface area (TPSA) is 26.0 Å². The fourth-order valence-corrected chi connectivity index (χ4v) is 2.12. The highest BCUT2D eigenvalue weighted by molar-refractivity contribution is 9.10. The standard InChI is InChI=1S/C14H12BrF2N/c1-8-6-10(16)3-4-11(8)14(18)9-2-5-12(15)13(17)7-9/h2-7,14H,18H2,1H3. The van der Waals surface area contributed by atoms with Crippen LogP contribution in [0.25, 0.3) is 0 Å². The Morgan fingerprint density at radius 1 is 1.11 bits per heavy atom. The van der Waals surface area contributed by atoms with Gasteiger partial charge in [-0.2, -0.15) is 0 Å². The van der Waals surface area contributed by atoms with Gasteiger partial charge in [0.2, 0.25) is 0 Å². The highest BCUT2D eigenvalue weighted by Gasteiger charge is 2.13. The number of nitrogens with two attached hydrogens (primary N) is 1. The summed E-state index contributed by atoms with van der Waals surface area (Å²) in [5.74, 6) is -0.659. The summed E-state index contributed by atoms with van der Waals surface area (Å²) in [7, 11) is 0. The van der Waals surface area contributed by atoms with Crippen LogP contribution in [0.15, 0.2) is 40.9 Å². The van der Waals surface area contributed by atoms with E-state index in [1.807, 2.05) is 0 Å². The van der Waals surface area contributed by atoms with Crippen LogP contribution >= 0.6 is 15.9 Å². The highest BCUT2D eigenvalue weighted by Crippen LogP contribution is 2.26. The molecule has 4 heteroatoms. The van der Waals surface area contributed by atoms with E-state index in [2.05, 4.69) is 15.9 Å². The van der Waals surface area contributed by atoms with Gasteiger partial charge in [0, 0.05) is 0 Å². The molecule has 1 nitrogen and oxygen atoms in total. The SMILES string of the molecule is Cc1cc(F)ccc1C(N)c1ccc(Br)c(F)c1. The predicted molar refractivity (Wildman–Crippen MR) is 71.3 cm³/mol. The zero-order chi connectivity index (χ0) is 13.3. The fraction of sp³-hybridized carbons (Fsp3) is 0.143. The molecule has 94 valence electrons. The first-order valence-electron chi connectivity index (χ1n) is 5.45. The summed E-state index contributed by atoms with van der Waals surface area (Å²) in [6.07, 6.45) is 0. The Hall–Kier alpha value is -1.26. The summed E-state index contributed by atoms with van der Waals surface area (Å²) in [4.78, 5) is 0. The van der Waals surface area contributed by atoms with Crippen molar-refractivity contribution in [2.75, 3.05) is 0 Å². The van der Waals surface area contributed by atoms with E-state index in [-0.39, 0.29) is 11.6 Å². The molecule has 1 unspecified atom stereocenters. The van der Waals surface area contributed by atoms with Gasteiger partial charge < -0.3 is 5.73 Å². The molecule has 0 bridgehead atoms. The molecule has 2 aromatic rings. The zero-order valence-electron chi connectivity index (χ0n) is 9.75.